The highest BCUT2D eigenvalue weighted by Crippen LogP contribution is 2.33. The van der Waals surface area contributed by atoms with Gasteiger partial charge in [-0.2, -0.15) is 0 Å². The molecule has 0 spiro atoms. The van der Waals surface area contributed by atoms with Crippen LogP contribution in [0.4, 0.5) is 8.78 Å². The van der Waals surface area contributed by atoms with Crippen LogP contribution in [0.5, 0.6) is 0 Å². The van der Waals surface area contributed by atoms with Crippen LogP contribution in [-0.4, -0.2) is 29.1 Å². The number of carboxylic acid groups (broad SMARTS) is 1. The van der Waals surface area contributed by atoms with Crippen LogP contribution in [-0.2, 0) is 10.3 Å². The quantitative estimate of drug-likeness (QED) is 0.901. The van der Waals surface area contributed by atoms with Gasteiger partial charge in [0.2, 0.25) is 0 Å². The van der Waals surface area contributed by atoms with E-state index < -0.39 is 23.1 Å². The number of benzene rings is 1. The molecule has 0 radical (unpaired) electrons. The van der Waals surface area contributed by atoms with Crippen LogP contribution in [0.2, 0.25) is 0 Å². The first-order valence-electron chi connectivity index (χ1n) is 5.90. The maximum absolute atomic E-state index is 13.8. The molecule has 1 aliphatic heterocycles. The zero-order valence-electron chi connectivity index (χ0n) is 10.1. The summed E-state index contributed by atoms with van der Waals surface area (Å²) in [5.74, 6) is -2.47. The Morgan fingerprint density at radius 3 is 2.50 bits per heavy atom. The molecule has 1 N–H and O–H groups in total. The summed E-state index contributed by atoms with van der Waals surface area (Å²) in [6.07, 6.45) is 1.75. The van der Waals surface area contributed by atoms with E-state index in [0.717, 1.165) is 31.0 Å². The summed E-state index contributed by atoms with van der Waals surface area (Å²) in [5.41, 5.74) is -1.63. The average molecular weight is 255 g/mol. The molecule has 2 rings (SSSR count). The van der Waals surface area contributed by atoms with Crippen LogP contribution >= 0.6 is 0 Å². The Morgan fingerprint density at radius 1 is 1.33 bits per heavy atom. The highest BCUT2D eigenvalue weighted by atomic mass is 19.1. The van der Waals surface area contributed by atoms with Crippen molar-refractivity contribution in [3.63, 3.8) is 0 Å². The van der Waals surface area contributed by atoms with Crippen LogP contribution < -0.4 is 0 Å². The van der Waals surface area contributed by atoms with Gasteiger partial charge in [0.25, 0.3) is 0 Å². The molecule has 98 valence electrons. The van der Waals surface area contributed by atoms with Crippen molar-refractivity contribution in [1.29, 1.82) is 0 Å². The molecule has 5 heteroatoms. The molecule has 0 amide bonds. The fraction of sp³-hybridized carbons (Fsp3) is 0.462. The first kappa shape index (κ1) is 13.0. The number of aliphatic carboxylic acids is 1. The molecule has 1 heterocycles. The highest BCUT2D eigenvalue weighted by molar-refractivity contribution is 5.80. The molecule has 0 saturated carbocycles. The molecular weight excluding hydrogens is 240 g/mol. The molecule has 3 nitrogen and oxygen atoms in total. The molecule has 0 bridgehead atoms. The lowest BCUT2D eigenvalue weighted by atomic mass is 9.89. The molecule has 0 aliphatic carbocycles. The van der Waals surface area contributed by atoms with E-state index in [1.807, 2.05) is 0 Å². The van der Waals surface area contributed by atoms with Crippen LogP contribution in [0.1, 0.15) is 25.3 Å². The lowest BCUT2D eigenvalue weighted by Crippen LogP contribution is -2.49. The largest absolute Gasteiger partial charge is 0.480 e. The molecule has 18 heavy (non-hydrogen) atoms. The Morgan fingerprint density at radius 2 is 1.94 bits per heavy atom. The third-order valence-corrected chi connectivity index (χ3v) is 3.61. The SMILES string of the molecule is CC(C(=O)O)(c1cc(F)ccc1F)N1CCCC1. The third-order valence-electron chi connectivity index (χ3n) is 3.61. The maximum atomic E-state index is 13.8. The second kappa shape index (κ2) is 4.65. The fourth-order valence-corrected chi connectivity index (χ4v) is 2.46. The van der Waals surface area contributed by atoms with Gasteiger partial charge in [-0.05, 0) is 51.1 Å². The van der Waals surface area contributed by atoms with Gasteiger partial charge in [0.1, 0.15) is 17.2 Å². The predicted molar refractivity (Wildman–Crippen MR) is 62.2 cm³/mol. The van der Waals surface area contributed by atoms with E-state index in [4.69, 9.17) is 0 Å². The van der Waals surface area contributed by atoms with Crippen molar-refractivity contribution in [3.05, 3.63) is 35.4 Å². The minimum atomic E-state index is -1.51. The topological polar surface area (TPSA) is 40.5 Å². The van der Waals surface area contributed by atoms with Gasteiger partial charge >= 0.3 is 5.97 Å². The van der Waals surface area contributed by atoms with E-state index in [-0.39, 0.29) is 5.56 Å². The second-order valence-corrected chi connectivity index (χ2v) is 4.70. The molecule has 1 aliphatic rings. The standard InChI is InChI=1S/C13H15F2NO2/c1-13(12(17)18,16-6-2-3-7-16)10-8-9(14)4-5-11(10)15/h4-5,8H,2-3,6-7H2,1H3,(H,17,18). The summed E-state index contributed by atoms with van der Waals surface area (Å²) in [6, 6.07) is 2.94. The Balaban J connectivity index is 2.52. The van der Waals surface area contributed by atoms with Crippen LogP contribution in [0.15, 0.2) is 18.2 Å². The third kappa shape index (κ3) is 1.99. The van der Waals surface area contributed by atoms with Crippen molar-refractivity contribution >= 4 is 5.97 Å². The first-order valence-corrected chi connectivity index (χ1v) is 5.90. The van der Waals surface area contributed by atoms with E-state index in [1.54, 1.807) is 4.90 Å². The fourth-order valence-electron chi connectivity index (χ4n) is 2.46. The van der Waals surface area contributed by atoms with Gasteiger partial charge in [0, 0.05) is 5.56 Å². The Hall–Kier alpha value is -1.49. The molecule has 0 aromatic heterocycles. The Labute approximate surface area is 104 Å². The van der Waals surface area contributed by atoms with Crippen LogP contribution in [0.3, 0.4) is 0 Å². The maximum Gasteiger partial charge on any atom is 0.328 e. The lowest BCUT2D eigenvalue weighted by molar-refractivity contribution is -0.150. The Kier molecular flexibility index (Phi) is 3.34. The van der Waals surface area contributed by atoms with Crippen LogP contribution in [0, 0.1) is 11.6 Å². The number of nitrogens with zero attached hydrogens (tertiary/aromatic N) is 1. The number of likely N-dealkylation sites (tertiary alicyclic amines) is 1. The van der Waals surface area contributed by atoms with Gasteiger partial charge < -0.3 is 5.11 Å². The summed E-state index contributed by atoms with van der Waals surface area (Å²) >= 11 is 0. The summed E-state index contributed by atoms with van der Waals surface area (Å²) in [7, 11) is 0. The molecule has 1 saturated heterocycles. The van der Waals surface area contributed by atoms with Gasteiger partial charge in [-0.1, -0.05) is 0 Å². The van der Waals surface area contributed by atoms with Crippen molar-refractivity contribution < 1.29 is 18.7 Å². The molecule has 1 fully saturated rings. The average Bonchev–Trinajstić information content (AvgIpc) is 2.85. The second-order valence-electron chi connectivity index (χ2n) is 4.70. The number of rotatable bonds is 3. The van der Waals surface area contributed by atoms with Gasteiger partial charge in [-0.15, -0.1) is 0 Å². The molecule has 1 unspecified atom stereocenters. The van der Waals surface area contributed by atoms with Gasteiger partial charge in [0.05, 0.1) is 0 Å². The van der Waals surface area contributed by atoms with Crippen molar-refractivity contribution in [2.75, 3.05) is 13.1 Å². The molecule has 1 atom stereocenters. The first-order chi connectivity index (χ1) is 8.46. The number of hydrogen-bond donors (Lipinski definition) is 1. The number of carbonyl (C=O) groups is 1. The highest BCUT2D eigenvalue weighted by Gasteiger charge is 2.44. The van der Waals surface area contributed by atoms with Gasteiger partial charge in [-0.25, -0.2) is 13.6 Å². The normalized spacial score (nSPS) is 19.7. The van der Waals surface area contributed by atoms with E-state index in [0.29, 0.717) is 13.1 Å². The predicted octanol–water partition coefficient (Wildman–Crippen LogP) is 2.36. The minimum Gasteiger partial charge on any atom is -0.480 e. The lowest BCUT2D eigenvalue weighted by Gasteiger charge is -2.35. The van der Waals surface area contributed by atoms with Crippen LogP contribution in [0.25, 0.3) is 0 Å². The Bertz CT molecular complexity index is 472. The molecule has 1 aromatic rings. The molecular formula is C13H15F2NO2. The summed E-state index contributed by atoms with van der Waals surface area (Å²) < 4.78 is 27.1. The van der Waals surface area contributed by atoms with Crippen molar-refractivity contribution in [1.82, 2.24) is 4.90 Å². The number of carboxylic acids is 1. The van der Waals surface area contributed by atoms with E-state index >= 15 is 0 Å². The summed E-state index contributed by atoms with van der Waals surface area (Å²) in [5, 5.41) is 9.43. The van der Waals surface area contributed by atoms with Gasteiger partial charge in [-0.3, -0.25) is 4.90 Å². The zero-order valence-corrected chi connectivity index (χ0v) is 10.1. The van der Waals surface area contributed by atoms with E-state index in [9.17, 15) is 18.7 Å². The number of hydrogen-bond acceptors (Lipinski definition) is 2. The van der Waals surface area contributed by atoms with Crippen molar-refractivity contribution in [2.24, 2.45) is 0 Å². The minimum absolute atomic E-state index is 0.114. The monoisotopic (exact) mass is 255 g/mol. The van der Waals surface area contributed by atoms with Crippen molar-refractivity contribution in [3.8, 4) is 0 Å². The summed E-state index contributed by atoms with van der Waals surface area (Å²) in [4.78, 5) is 13.2. The zero-order chi connectivity index (χ0) is 13.3. The number of halogens is 2. The van der Waals surface area contributed by atoms with Gasteiger partial charge in [0.15, 0.2) is 0 Å². The summed E-state index contributed by atoms with van der Waals surface area (Å²) in [6.45, 7) is 2.59. The van der Waals surface area contributed by atoms with E-state index in [1.165, 1.54) is 6.92 Å². The van der Waals surface area contributed by atoms with E-state index in [2.05, 4.69) is 0 Å². The van der Waals surface area contributed by atoms with Crippen molar-refractivity contribution in [2.45, 2.75) is 25.3 Å². The smallest absolute Gasteiger partial charge is 0.328 e. The molecule has 1 aromatic carbocycles.